The van der Waals surface area contributed by atoms with Gasteiger partial charge in [0.1, 0.15) is 5.75 Å². The molecule has 2 aromatic carbocycles. The molecule has 0 aliphatic carbocycles. The SMILES string of the molecule is Cc1ccc(-c2noc(Cc3cccc(O)c3)n2)c(Br)c1. The fraction of sp³-hybridized carbons (Fsp3) is 0.125. The van der Waals surface area contributed by atoms with Crippen molar-refractivity contribution in [2.75, 3.05) is 0 Å². The first-order chi connectivity index (χ1) is 10.1. The highest BCUT2D eigenvalue weighted by atomic mass is 79.9. The molecule has 0 spiro atoms. The average Bonchev–Trinajstić information content (AvgIpc) is 2.87. The van der Waals surface area contributed by atoms with Crippen molar-refractivity contribution < 1.29 is 9.63 Å². The summed E-state index contributed by atoms with van der Waals surface area (Å²) >= 11 is 3.51. The van der Waals surface area contributed by atoms with Gasteiger partial charge in [-0.05, 0) is 42.3 Å². The minimum atomic E-state index is 0.230. The molecule has 0 radical (unpaired) electrons. The van der Waals surface area contributed by atoms with Gasteiger partial charge in [-0.25, -0.2) is 0 Å². The number of benzene rings is 2. The highest BCUT2D eigenvalue weighted by Crippen LogP contribution is 2.27. The molecule has 0 aliphatic rings. The molecule has 21 heavy (non-hydrogen) atoms. The standard InChI is InChI=1S/C16H13BrN2O2/c1-10-5-6-13(14(17)7-10)16-18-15(21-19-16)9-11-3-2-4-12(20)8-11/h2-8,20H,9H2,1H3. The zero-order valence-electron chi connectivity index (χ0n) is 11.4. The normalized spacial score (nSPS) is 10.8. The van der Waals surface area contributed by atoms with Crippen molar-refractivity contribution in [3.8, 4) is 17.1 Å². The first-order valence-electron chi connectivity index (χ1n) is 6.49. The molecule has 1 heterocycles. The molecule has 0 saturated heterocycles. The van der Waals surface area contributed by atoms with E-state index in [1.807, 2.05) is 31.2 Å². The van der Waals surface area contributed by atoms with Crippen molar-refractivity contribution >= 4 is 15.9 Å². The molecule has 3 aromatic rings. The Morgan fingerprint density at radius 3 is 2.81 bits per heavy atom. The predicted molar refractivity (Wildman–Crippen MR) is 83.1 cm³/mol. The Morgan fingerprint density at radius 1 is 1.19 bits per heavy atom. The Balaban J connectivity index is 1.86. The van der Waals surface area contributed by atoms with Gasteiger partial charge in [-0.3, -0.25) is 0 Å². The number of halogens is 1. The van der Waals surface area contributed by atoms with Crippen LogP contribution in [0, 0.1) is 6.92 Å². The summed E-state index contributed by atoms with van der Waals surface area (Å²) in [6.07, 6.45) is 0.491. The molecule has 1 aromatic heterocycles. The molecule has 0 saturated carbocycles. The molecule has 0 atom stereocenters. The number of aromatic nitrogens is 2. The number of phenols is 1. The van der Waals surface area contributed by atoms with E-state index in [1.54, 1.807) is 18.2 Å². The molecule has 0 amide bonds. The van der Waals surface area contributed by atoms with E-state index in [0.29, 0.717) is 18.1 Å². The number of hydrogen-bond acceptors (Lipinski definition) is 4. The molecule has 1 N–H and O–H groups in total. The molecule has 5 heteroatoms. The summed E-state index contributed by atoms with van der Waals surface area (Å²) < 4.78 is 6.22. The molecule has 3 rings (SSSR count). The molecular weight excluding hydrogens is 332 g/mol. The lowest BCUT2D eigenvalue weighted by molar-refractivity contribution is 0.385. The molecule has 0 bridgehead atoms. The van der Waals surface area contributed by atoms with Gasteiger partial charge in [0.25, 0.3) is 0 Å². The molecule has 106 valence electrons. The first-order valence-corrected chi connectivity index (χ1v) is 7.28. The maximum Gasteiger partial charge on any atom is 0.231 e. The third-order valence-electron chi connectivity index (χ3n) is 3.10. The van der Waals surface area contributed by atoms with E-state index in [9.17, 15) is 5.11 Å². The van der Waals surface area contributed by atoms with Gasteiger partial charge < -0.3 is 9.63 Å². The zero-order chi connectivity index (χ0) is 14.8. The van der Waals surface area contributed by atoms with Gasteiger partial charge in [0, 0.05) is 10.0 Å². The van der Waals surface area contributed by atoms with Gasteiger partial charge in [0.15, 0.2) is 0 Å². The van der Waals surface area contributed by atoms with E-state index >= 15 is 0 Å². The summed E-state index contributed by atoms with van der Waals surface area (Å²) in [6.45, 7) is 2.03. The van der Waals surface area contributed by atoms with Crippen LogP contribution in [-0.2, 0) is 6.42 Å². The topological polar surface area (TPSA) is 59.2 Å². The fourth-order valence-corrected chi connectivity index (χ4v) is 2.75. The van der Waals surface area contributed by atoms with Crippen LogP contribution in [0.25, 0.3) is 11.4 Å². The lowest BCUT2D eigenvalue weighted by Gasteiger charge is -2.00. The minimum absolute atomic E-state index is 0.230. The van der Waals surface area contributed by atoms with Crippen LogP contribution < -0.4 is 0 Å². The second-order valence-electron chi connectivity index (χ2n) is 4.84. The third-order valence-corrected chi connectivity index (χ3v) is 3.76. The number of aryl methyl sites for hydroxylation is 1. The van der Waals surface area contributed by atoms with Crippen LogP contribution >= 0.6 is 15.9 Å². The van der Waals surface area contributed by atoms with E-state index in [0.717, 1.165) is 21.2 Å². The van der Waals surface area contributed by atoms with E-state index < -0.39 is 0 Å². The Morgan fingerprint density at radius 2 is 2.05 bits per heavy atom. The lowest BCUT2D eigenvalue weighted by Crippen LogP contribution is -1.89. The van der Waals surface area contributed by atoms with Crippen LogP contribution in [0.15, 0.2) is 51.5 Å². The molecule has 0 fully saturated rings. The van der Waals surface area contributed by atoms with Crippen molar-refractivity contribution in [1.29, 1.82) is 0 Å². The Hall–Kier alpha value is -2.14. The molecule has 0 unspecified atom stereocenters. The van der Waals surface area contributed by atoms with Crippen LogP contribution in [0.5, 0.6) is 5.75 Å². The summed E-state index contributed by atoms with van der Waals surface area (Å²) in [5.41, 5.74) is 2.98. The average molecular weight is 345 g/mol. The van der Waals surface area contributed by atoms with Crippen molar-refractivity contribution in [1.82, 2.24) is 10.1 Å². The lowest BCUT2D eigenvalue weighted by atomic mass is 10.1. The first kappa shape index (κ1) is 13.8. The fourth-order valence-electron chi connectivity index (χ4n) is 2.08. The van der Waals surface area contributed by atoms with E-state index in [1.165, 1.54) is 0 Å². The van der Waals surface area contributed by atoms with E-state index in [-0.39, 0.29) is 5.75 Å². The van der Waals surface area contributed by atoms with Crippen LogP contribution in [-0.4, -0.2) is 15.2 Å². The summed E-state index contributed by atoms with van der Waals surface area (Å²) in [7, 11) is 0. The summed E-state index contributed by atoms with van der Waals surface area (Å²) in [6, 6.07) is 13.0. The molecule has 0 aliphatic heterocycles. The zero-order valence-corrected chi connectivity index (χ0v) is 13.0. The Labute approximate surface area is 130 Å². The van der Waals surface area contributed by atoms with Gasteiger partial charge in [-0.1, -0.05) is 39.3 Å². The number of rotatable bonds is 3. The highest BCUT2D eigenvalue weighted by molar-refractivity contribution is 9.10. The smallest absolute Gasteiger partial charge is 0.231 e. The van der Waals surface area contributed by atoms with Crippen molar-refractivity contribution in [2.45, 2.75) is 13.3 Å². The summed E-state index contributed by atoms with van der Waals surface area (Å²) in [5, 5.41) is 13.5. The molecule has 4 nitrogen and oxygen atoms in total. The predicted octanol–water partition coefficient (Wildman–Crippen LogP) is 4.10. The van der Waals surface area contributed by atoms with E-state index in [4.69, 9.17) is 4.52 Å². The maximum absolute atomic E-state index is 9.46. The van der Waals surface area contributed by atoms with Gasteiger partial charge >= 0.3 is 0 Å². The Kier molecular flexibility index (Phi) is 3.75. The van der Waals surface area contributed by atoms with Crippen molar-refractivity contribution in [3.63, 3.8) is 0 Å². The van der Waals surface area contributed by atoms with Crippen LogP contribution in [0.4, 0.5) is 0 Å². The van der Waals surface area contributed by atoms with Crippen LogP contribution in [0.3, 0.4) is 0 Å². The second-order valence-corrected chi connectivity index (χ2v) is 5.70. The van der Waals surface area contributed by atoms with Crippen LogP contribution in [0.2, 0.25) is 0 Å². The van der Waals surface area contributed by atoms with Gasteiger partial charge in [-0.2, -0.15) is 4.98 Å². The van der Waals surface area contributed by atoms with Crippen LogP contribution in [0.1, 0.15) is 17.0 Å². The molecular formula is C16H13BrN2O2. The summed E-state index contributed by atoms with van der Waals surface area (Å²) in [4.78, 5) is 4.41. The van der Waals surface area contributed by atoms with Gasteiger partial charge in [-0.15, -0.1) is 0 Å². The van der Waals surface area contributed by atoms with Crippen molar-refractivity contribution in [3.05, 3.63) is 64.0 Å². The Bertz CT molecular complexity index is 783. The van der Waals surface area contributed by atoms with Crippen molar-refractivity contribution in [2.24, 2.45) is 0 Å². The minimum Gasteiger partial charge on any atom is -0.508 e. The van der Waals surface area contributed by atoms with E-state index in [2.05, 4.69) is 26.1 Å². The maximum atomic E-state index is 9.46. The van der Waals surface area contributed by atoms with Gasteiger partial charge in [0.05, 0.1) is 6.42 Å². The van der Waals surface area contributed by atoms with Gasteiger partial charge in [0.2, 0.25) is 11.7 Å². The quantitative estimate of drug-likeness (QED) is 0.776. The monoisotopic (exact) mass is 344 g/mol. The number of aromatic hydroxyl groups is 1. The number of hydrogen-bond donors (Lipinski definition) is 1. The largest absolute Gasteiger partial charge is 0.508 e. The third kappa shape index (κ3) is 3.13. The number of phenolic OH excluding ortho intramolecular Hbond substituents is 1. The second kappa shape index (κ2) is 5.69. The number of nitrogens with zero attached hydrogens (tertiary/aromatic N) is 2. The highest BCUT2D eigenvalue weighted by Gasteiger charge is 2.12. The summed E-state index contributed by atoms with van der Waals surface area (Å²) in [5.74, 6) is 1.30.